The SMILES string of the molecule is COc1ccc(N(CC(=O)NCCOc2ccccc2C(C)(C)C)S(C)(=O)=O)cc1. The number of benzene rings is 2. The molecule has 0 heterocycles. The third kappa shape index (κ3) is 6.66. The summed E-state index contributed by atoms with van der Waals surface area (Å²) < 4.78 is 36.3. The van der Waals surface area contributed by atoms with Crippen LogP contribution in [0, 0.1) is 0 Å². The summed E-state index contributed by atoms with van der Waals surface area (Å²) in [5.41, 5.74) is 1.41. The van der Waals surface area contributed by atoms with Crippen molar-refractivity contribution < 1.29 is 22.7 Å². The number of methoxy groups -OCH3 is 1. The van der Waals surface area contributed by atoms with Crippen molar-refractivity contribution in [2.24, 2.45) is 0 Å². The Hall–Kier alpha value is -2.74. The Bertz CT molecular complexity index is 950. The minimum atomic E-state index is -3.63. The van der Waals surface area contributed by atoms with Crippen molar-refractivity contribution in [1.82, 2.24) is 5.32 Å². The molecule has 2 aromatic rings. The zero-order valence-corrected chi connectivity index (χ0v) is 19.0. The normalized spacial score (nSPS) is 11.6. The fourth-order valence-corrected chi connectivity index (χ4v) is 3.75. The number of carbonyl (C=O) groups is 1. The Morgan fingerprint density at radius 2 is 1.70 bits per heavy atom. The molecule has 0 unspecified atom stereocenters. The second kappa shape index (κ2) is 9.84. The highest BCUT2D eigenvalue weighted by atomic mass is 32.2. The number of amides is 1. The van der Waals surface area contributed by atoms with Crippen LogP contribution in [0.4, 0.5) is 5.69 Å². The van der Waals surface area contributed by atoms with E-state index >= 15 is 0 Å². The van der Waals surface area contributed by atoms with Crippen LogP contribution in [0.5, 0.6) is 11.5 Å². The number of rotatable bonds is 9. The number of para-hydroxylation sites is 1. The molecule has 164 valence electrons. The predicted molar refractivity (Wildman–Crippen MR) is 119 cm³/mol. The van der Waals surface area contributed by atoms with E-state index in [0.717, 1.165) is 21.9 Å². The fourth-order valence-electron chi connectivity index (χ4n) is 2.90. The highest BCUT2D eigenvalue weighted by Crippen LogP contribution is 2.30. The first-order valence-electron chi connectivity index (χ1n) is 9.63. The van der Waals surface area contributed by atoms with Crippen LogP contribution in [-0.2, 0) is 20.2 Å². The Morgan fingerprint density at radius 3 is 2.27 bits per heavy atom. The van der Waals surface area contributed by atoms with E-state index in [4.69, 9.17) is 9.47 Å². The van der Waals surface area contributed by atoms with Crippen LogP contribution in [0.3, 0.4) is 0 Å². The molecule has 2 rings (SSSR count). The van der Waals surface area contributed by atoms with Crippen molar-refractivity contribution in [3.8, 4) is 11.5 Å². The van der Waals surface area contributed by atoms with Gasteiger partial charge in [-0.3, -0.25) is 9.10 Å². The summed E-state index contributed by atoms with van der Waals surface area (Å²) in [6.07, 6.45) is 1.07. The van der Waals surface area contributed by atoms with Crippen LogP contribution in [-0.4, -0.2) is 47.4 Å². The lowest BCUT2D eigenvalue weighted by atomic mass is 9.86. The number of nitrogens with zero attached hydrogens (tertiary/aromatic N) is 1. The number of ether oxygens (including phenoxy) is 2. The van der Waals surface area contributed by atoms with Crippen LogP contribution in [0.25, 0.3) is 0 Å². The van der Waals surface area contributed by atoms with E-state index in [0.29, 0.717) is 11.4 Å². The lowest BCUT2D eigenvalue weighted by Gasteiger charge is -2.23. The molecule has 0 aliphatic rings. The van der Waals surface area contributed by atoms with Gasteiger partial charge in [0.2, 0.25) is 15.9 Å². The molecule has 7 nitrogen and oxygen atoms in total. The third-order valence-electron chi connectivity index (χ3n) is 4.42. The van der Waals surface area contributed by atoms with Gasteiger partial charge in [-0.25, -0.2) is 8.42 Å². The summed E-state index contributed by atoms with van der Waals surface area (Å²) in [4.78, 5) is 12.3. The molecule has 0 spiro atoms. The van der Waals surface area contributed by atoms with Gasteiger partial charge in [0.25, 0.3) is 0 Å². The molecular formula is C22H30N2O5S. The summed E-state index contributed by atoms with van der Waals surface area (Å²) in [6.45, 7) is 6.54. The Labute approximate surface area is 179 Å². The van der Waals surface area contributed by atoms with Gasteiger partial charge in [0, 0.05) is 0 Å². The molecule has 1 N–H and O–H groups in total. The molecule has 0 aliphatic carbocycles. The van der Waals surface area contributed by atoms with Gasteiger partial charge in [-0.15, -0.1) is 0 Å². The lowest BCUT2D eigenvalue weighted by Crippen LogP contribution is -2.41. The van der Waals surface area contributed by atoms with Crippen LogP contribution >= 0.6 is 0 Å². The van der Waals surface area contributed by atoms with Gasteiger partial charge in [-0.05, 0) is 41.3 Å². The minimum Gasteiger partial charge on any atom is -0.497 e. The molecule has 0 bridgehead atoms. The average molecular weight is 435 g/mol. The largest absolute Gasteiger partial charge is 0.497 e. The van der Waals surface area contributed by atoms with E-state index in [2.05, 4.69) is 26.1 Å². The van der Waals surface area contributed by atoms with E-state index in [-0.39, 0.29) is 25.1 Å². The lowest BCUT2D eigenvalue weighted by molar-refractivity contribution is -0.119. The van der Waals surface area contributed by atoms with Gasteiger partial charge in [0.1, 0.15) is 24.7 Å². The van der Waals surface area contributed by atoms with Crippen molar-refractivity contribution in [2.45, 2.75) is 26.2 Å². The Kier molecular flexibility index (Phi) is 7.72. The van der Waals surface area contributed by atoms with E-state index in [9.17, 15) is 13.2 Å². The topological polar surface area (TPSA) is 84.9 Å². The molecule has 8 heteroatoms. The quantitative estimate of drug-likeness (QED) is 0.614. The second-order valence-corrected chi connectivity index (χ2v) is 9.82. The van der Waals surface area contributed by atoms with Gasteiger partial charge in [-0.1, -0.05) is 39.0 Å². The molecule has 0 aromatic heterocycles. The first-order chi connectivity index (χ1) is 14.0. The Morgan fingerprint density at radius 1 is 1.07 bits per heavy atom. The Balaban J connectivity index is 1.94. The maximum atomic E-state index is 12.3. The molecule has 0 saturated heterocycles. The van der Waals surface area contributed by atoms with E-state index in [1.807, 2.05) is 24.3 Å². The number of hydrogen-bond donors (Lipinski definition) is 1. The number of hydrogen-bond acceptors (Lipinski definition) is 5. The number of carbonyl (C=O) groups excluding carboxylic acids is 1. The third-order valence-corrected chi connectivity index (χ3v) is 5.57. The maximum Gasteiger partial charge on any atom is 0.240 e. The monoisotopic (exact) mass is 434 g/mol. The van der Waals surface area contributed by atoms with Crippen molar-refractivity contribution in [1.29, 1.82) is 0 Å². The second-order valence-electron chi connectivity index (χ2n) is 7.91. The van der Waals surface area contributed by atoms with Crippen molar-refractivity contribution in [3.63, 3.8) is 0 Å². The fraction of sp³-hybridized carbons (Fsp3) is 0.409. The van der Waals surface area contributed by atoms with Gasteiger partial charge in [0.05, 0.1) is 25.6 Å². The first kappa shape index (κ1) is 23.5. The first-order valence-corrected chi connectivity index (χ1v) is 11.5. The summed E-state index contributed by atoms with van der Waals surface area (Å²) in [5.74, 6) is 0.962. The van der Waals surface area contributed by atoms with Gasteiger partial charge >= 0.3 is 0 Å². The zero-order valence-electron chi connectivity index (χ0n) is 18.1. The van der Waals surface area contributed by atoms with Crippen molar-refractivity contribution in [2.75, 3.05) is 37.4 Å². The van der Waals surface area contributed by atoms with E-state index < -0.39 is 15.9 Å². The standard InChI is InChI=1S/C22H30N2O5S/c1-22(2,3)19-8-6-7-9-20(19)29-15-14-23-21(25)16-24(30(5,26)27)17-10-12-18(28-4)13-11-17/h6-13H,14-16H2,1-5H3,(H,23,25). The van der Waals surface area contributed by atoms with Gasteiger partial charge in [-0.2, -0.15) is 0 Å². The van der Waals surface area contributed by atoms with Crippen LogP contribution in [0.15, 0.2) is 48.5 Å². The summed E-state index contributed by atoms with van der Waals surface area (Å²) in [6, 6.07) is 14.3. The van der Waals surface area contributed by atoms with E-state index in [1.54, 1.807) is 24.3 Å². The van der Waals surface area contributed by atoms with Crippen molar-refractivity contribution >= 4 is 21.6 Å². The molecule has 0 fully saturated rings. The maximum absolute atomic E-state index is 12.3. The van der Waals surface area contributed by atoms with E-state index in [1.165, 1.54) is 7.11 Å². The van der Waals surface area contributed by atoms with Crippen LogP contribution in [0.1, 0.15) is 26.3 Å². The molecule has 30 heavy (non-hydrogen) atoms. The number of sulfonamides is 1. The van der Waals surface area contributed by atoms with Crippen LogP contribution in [0.2, 0.25) is 0 Å². The number of anilines is 1. The van der Waals surface area contributed by atoms with Gasteiger partial charge < -0.3 is 14.8 Å². The summed E-state index contributed by atoms with van der Waals surface area (Å²) in [5, 5.41) is 2.71. The molecule has 0 atom stereocenters. The highest BCUT2D eigenvalue weighted by molar-refractivity contribution is 7.92. The summed E-state index contributed by atoms with van der Waals surface area (Å²) >= 11 is 0. The molecule has 0 saturated carbocycles. The molecule has 1 amide bonds. The molecular weight excluding hydrogens is 404 g/mol. The van der Waals surface area contributed by atoms with Gasteiger partial charge in [0.15, 0.2) is 0 Å². The molecule has 0 radical (unpaired) electrons. The molecule has 0 aliphatic heterocycles. The summed E-state index contributed by atoms with van der Waals surface area (Å²) in [7, 11) is -2.10. The zero-order chi connectivity index (χ0) is 22.4. The predicted octanol–water partition coefficient (Wildman–Crippen LogP) is 2.95. The molecule has 2 aromatic carbocycles. The average Bonchev–Trinajstić information content (AvgIpc) is 2.68. The van der Waals surface area contributed by atoms with Crippen LogP contribution < -0.4 is 19.1 Å². The van der Waals surface area contributed by atoms with Crippen molar-refractivity contribution in [3.05, 3.63) is 54.1 Å². The minimum absolute atomic E-state index is 0.0613. The smallest absolute Gasteiger partial charge is 0.240 e. The number of nitrogens with one attached hydrogen (secondary N) is 1. The highest BCUT2D eigenvalue weighted by Gasteiger charge is 2.21.